The molecule has 23 heavy (non-hydrogen) atoms. The van der Waals surface area contributed by atoms with Crippen LogP contribution in [0.1, 0.15) is 12.7 Å². The highest BCUT2D eigenvalue weighted by Gasteiger charge is 2.37. The summed E-state index contributed by atoms with van der Waals surface area (Å²) in [4.78, 5) is 0. The first kappa shape index (κ1) is 15.3. The van der Waals surface area contributed by atoms with E-state index in [0.29, 0.717) is 23.4 Å². The van der Waals surface area contributed by atoms with Crippen LogP contribution in [-0.2, 0) is 12.7 Å². The number of hydrogen-bond donors (Lipinski definition) is 1. The van der Waals surface area contributed by atoms with E-state index < -0.39 is 12.0 Å². The van der Waals surface area contributed by atoms with Crippen LogP contribution in [0.25, 0.3) is 5.65 Å². The van der Waals surface area contributed by atoms with Crippen molar-refractivity contribution < 1.29 is 13.2 Å². The number of nitrogens with zero attached hydrogens (tertiary/aromatic N) is 6. The Morgan fingerprint density at radius 1 is 1.26 bits per heavy atom. The number of rotatable bonds is 5. The molecule has 0 aliphatic heterocycles. The van der Waals surface area contributed by atoms with Gasteiger partial charge in [-0.3, -0.25) is 4.68 Å². The van der Waals surface area contributed by atoms with Gasteiger partial charge < -0.3 is 5.32 Å². The normalized spacial score (nSPS) is 13.4. The highest BCUT2D eigenvalue weighted by molar-refractivity contribution is 5.44. The first-order chi connectivity index (χ1) is 10.9. The van der Waals surface area contributed by atoms with Gasteiger partial charge in [0, 0.05) is 25.5 Å². The van der Waals surface area contributed by atoms with E-state index in [1.165, 1.54) is 6.07 Å². The maximum Gasteiger partial charge on any atom is 0.453 e. The molecule has 0 saturated carbocycles. The molecule has 3 aromatic rings. The minimum Gasteiger partial charge on any atom is -0.368 e. The number of aromatic nitrogens is 6. The van der Waals surface area contributed by atoms with E-state index in [1.54, 1.807) is 16.9 Å². The summed E-state index contributed by atoms with van der Waals surface area (Å²) in [6.45, 7) is 3.25. The largest absolute Gasteiger partial charge is 0.453 e. The topological polar surface area (TPSA) is 72.9 Å². The van der Waals surface area contributed by atoms with Crippen LogP contribution in [0, 0.1) is 5.92 Å². The molecule has 3 rings (SSSR count). The molecule has 0 aromatic carbocycles. The number of hydrogen-bond acceptors (Lipinski definition) is 5. The number of halogens is 3. The standard InChI is InChI=1S/C13H14F3N7/c1-9(8-22-6-2-5-18-22)7-17-10-3-4-11-19-20-12(13(14,15)16)23(11)21-10/h2-6,9H,7-8H2,1H3,(H,17,21)/t9-/m1/s1. The van der Waals surface area contributed by atoms with Gasteiger partial charge in [-0.1, -0.05) is 6.92 Å². The molecule has 0 aliphatic carbocycles. The molecule has 1 atom stereocenters. The van der Waals surface area contributed by atoms with Crippen LogP contribution in [0.4, 0.5) is 19.0 Å². The molecular weight excluding hydrogens is 311 g/mol. The fourth-order valence-corrected chi connectivity index (χ4v) is 2.13. The van der Waals surface area contributed by atoms with Gasteiger partial charge in [0.05, 0.1) is 0 Å². The lowest BCUT2D eigenvalue weighted by atomic mass is 10.2. The zero-order valence-corrected chi connectivity index (χ0v) is 12.2. The lowest BCUT2D eigenvalue weighted by molar-refractivity contribution is -0.146. The summed E-state index contributed by atoms with van der Waals surface area (Å²) in [7, 11) is 0. The fraction of sp³-hybridized carbons (Fsp3) is 0.385. The minimum atomic E-state index is -4.60. The van der Waals surface area contributed by atoms with Crippen molar-refractivity contribution in [3.63, 3.8) is 0 Å². The van der Waals surface area contributed by atoms with Crippen molar-refractivity contribution in [1.82, 2.24) is 29.6 Å². The molecule has 0 fully saturated rings. The summed E-state index contributed by atoms with van der Waals surface area (Å²) in [5.41, 5.74) is 0.0486. The molecule has 10 heteroatoms. The smallest absolute Gasteiger partial charge is 0.368 e. The van der Waals surface area contributed by atoms with Crippen LogP contribution in [0.2, 0.25) is 0 Å². The lowest BCUT2D eigenvalue weighted by Gasteiger charge is -2.13. The van der Waals surface area contributed by atoms with Gasteiger partial charge in [0.15, 0.2) is 5.65 Å². The average molecular weight is 325 g/mol. The molecular formula is C13H14F3N7. The third-order valence-electron chi connectivity index (χ3n) is 3.21. The van der Waals surface area contributed by atoms with E-state index in [2.05, 4.69) is 25.7 Å². The molecule has 1 N–H and O–H groups in total. The second-order valence-corrected chi connectivity index (χ2v) is 5.22. The van der Waals surface area contributed by atoms with Crippen LogP contribution in [0.5, 0.6) is 0 Å². The Labute approximate surface area is 129 Å². The van der Waals surface area contributed by atoms with Crippen molar-refractivity contribution in [3.8, 4) is 0 Å². The van der Waals surface area contributed by atoms with Crippen LogP contribution in [0.15, 0.2) is 30.6 Å². The molecule has 0 radical (unpaired) electrons. The van der Waals surface area contributed by atoms with Crippen LogP contribution in [-0.4, -0.2) is 36.1 Å². The maximum absolute atomic E-state index is 12.8. The average Bonchev–Trinajstić information content (AvgIpc) is 3.12. The molecule has 0 saturated heterocycles. The molecule has 3 aromatic heterocycles. The zero-order valence-electron chi connectivity index (χ0n) is 12.2. The number of fused-ring (bicyclic) bond motifs is 1. The van der Waals surface area contributed by atoms with Crippen LogP contribution in [0.3, 0.4) is 0 Å². The molecule has 0 amide bonds. The molecule has 0 spiro atoms. The van der Waals surface area contributed by atoms with Crippen LogP contribution < -0.4 is 5.32 Å². The second-order valence-electron chi connectivity index (χ2n) is 5.22. The van der Waals surface area contributed by atoms with E-state index in [1.807, 2.05) is 19.2 Å². The monoisotopic (exact) mass is 325 g/mol. The predicted octanol–water partition coefficient (Wildman–Crippen LogP) is 2.09. The molecule has 0 unspecified atom stereocenters. The van der Waals surface area contributed by atoms with Crippen molar-refractivity contribution in [2.24, 2.45) is 5.92 Å². The summed E-state index contributed by atoms with van der Waals surface area (Å²) in [5, 5.41) is 17.6. The van der Waals surface area contributed by atoms with Crippen molar-refractivity contribution in [1.29, 1.82) is 0 Å². The maximum atomic E-state index is 12.8. The molecule has 122 valence electrons. The van der Waals surface area contributed by atoms with E-state index in [4.69, 9.17) is 0 Å². The Kier molecular flexibility index (Phi) is 3.89. The van der Waals surface area contributed by atoms with Gasteiger partial charge in [0.2, 0.25) is 0 Å². The molecule has 7 nitrogen and oxygen atoms in total. The van der Waals surface area contributed by atoms with Crippen LogP contribution >= 0.6 is 0 Å². The third kappa shape index (κ3) is 3.41. The van der Waals surface area contributed by atoms with E-state index in [9.17, 15) is 13.2 Å². The fourth-order valence-electron chi connectivity index (χ4n) is 2.13. The Morgan fingerprint density at radius 3 is 2.78 bits per heavy atom. The number of anilines is 1. The summed E-state index contributed by atoms with van der Waals surface area (Å²) < 4.78 is 40.9. The van der Waals surface area contributed by atoms with E-state index in [0.717, 1.165) is 0 Å². The SMILES string of the molecule is C[C@H](CNc1ccc2nnc(C(F)(F)F)n2n1)Cn1cccn1. The summed E-state index contributed by atoms with van der Waals surface area (Å²) in [6, 6.07) is 4.85. The molecule has 0 bridgehead atoms. The van der Waals surface area contributed by atoms with Gasteiger partial charge in [-0.25, -0.2) is 0 Å². The second kappa shape index (κ2) is 5.86. The Morgan fingerprint density at radius 2 is 2.09 bits per heavy atom. The van der Waals surface area contributed by atoms with Gasteiger partial charge in [0.1, 0.15) is 5.82 Å². The van der Waals surface area contributed by atoms with Gasteiger partial charge in [-0.2, -0.15) is 22.8 Å². The van der Waals surface area contributed by atoms with Crippen molar-refractivity contribution >= 4 is 11.5 Å². The van der Waals surface area contributed by atoms with Gasteiger partial charge in [-0.15, -0.1) is 15.3 Å². The molecule has 0 aliphatic rings. The van der Waals surface area contributed by atoms with Gasteiger partial charge in [0.25, 0.3) is 5.82 Å². The third-order valence-corrected chi connectivity index (χ3v) is 3.21. The minimum absolute atomic E-state index is 0.0486. The lowest BCUT2D eigenvalue weighted by Crippen LogP contribution is -2.19. The zero-order chi connectivity index (χ0) is 16.4. The van der Waals surface area contributed by atoms with Crippen molar-refractivity contribution in [3.05, 3.63) is 36.4 Å². The summed E-state index contributed by atoms with van der Waals surface area (Å²) in [6.07, 6.45) is -1.05. The highest BCUT2D eigenvalue weighted by atomic mass is 19.4. The Hall–Kier alpha value is -2.65. The predicted molar refractivity (Wildman–Crippen MR) is 75.7 cm³/mol. The summed E-state index contributed by atoms with van der Waals surface area (Å²) >= 11 is 0. The number of nitrogens with one attached hydrogen (secondary N) is 1. The summed E-state index contributed by atoms with van der Waals surface area (Å²) in [5.74, 6) is -0.591. The van der Waals surface area contributed by atoms with E-state index >= 15 is 0 Å². The van der Waals surface area contributed by atoms with Crippen molar-refractivity contribution in [2.45, 2.75) is 19.6 Å². The van der Waals surface area contributed by atoms with Gasteiger partial charge in [-0.05, 0) is 24.1 Å². The Bertz CT molecular complexity index is 779. The number of alkyl halides is 3. The van der Waals surface area contributed by atoms with E-state index in [-0.39, 0.29) is 11.6 Å². The Balaban J connectivity index is 1.70. The van der Waals surface area contributed by atoms with Gasteiger partial charge >= 0.3 is 6.18 Å². The molecule has 3 heterocycles. The van der Waals surface area contributed by atoms with Crippen molar-refractivity contribution in [2.75, 3.05) is 11.9 Å². The first-order valence-corrected chi connectivity index (χ1v) is 6.94. The first-order valence-electron chi connectivity index (χ1n) is 6.94. The highest BCUT2D eigenvalue weighted by Crippen LogP contribution is 2.27. The quantitative estimate of drug-likeness (QED) is 0.777.